The van der Waals surface area contributed by atoms with E-state index in [1.165, 1.54) is 0 Å². The van der Waals surface area contributed by atoms with E-state index < -0.39 is 17.1 Å². The van der Waals surface area contributed by atoms with Gasteiger partial charge in [0, 0.05) is 0 Å². The number of carboxylic acid groups (broad SMARTS) is 1. The number of hydrogen-bond donors (Lipinski definition) is 1. The van der Waals surface area contributed by atoms with Gasteiger partial charge in [-0.25, -0.2) is 0 Å². The van der Waals surface area contributed by atoms with Gasteiger partial charge in [-0.3, -0.25) is 9.59 Å². The van der Waals surface area contributed by atoms with Gasteiger partial charge in [0.15, 0.2) is 0 Å². The molecule has 0 radical (unpaired) electrons. The van der Waals surface area contributed by atoms with Gasteiger partial charge in [-0.15, -0.1) is 0 Å². The summed E-state index contributed by atoms with van der Waals surface area (Å²) < 4.78 is 0. The molecule has 4 heteroatoms. The lowest BCUT2D eigenvalue weighted by Gasteiger charge is -1.99. The Bertz CT molecular complexity index is 118. The zero-order valence-corrected chi connectivity index (χ0v) is 5.68. The van der Waals surface area contributed by atoms with Gasteiger partial charge in [0.2, 0.25) is 5.24 Å². The second kappa shape index (κ2) is 3.45. The highest BCUT2D eigenvalue weighted by atomic mass is 35.5. The first-order chi connectivity index (χ1) is 4.09. The van der Waals surface area contributed by atoms with E-state index in [1.54, 1.807) is 6.92 Å². The summed E-state index contributed by atoms with van der Waals surface area (Å²) in [5.74, 6) is -2.19. The molecule has 0 aliphatic carbocycles. The van der Waals surface area contributed by atoms with E-state index in [0.717, 1.165) is 0 Å². The molecular weight excluding hydrogens is 144 g/mol. The summed E-state index contributed by atoms with van der Waals surface area (Å²) in [6.07, 6.45) is 0.248. The second-order valence-electron chi connectivity index (χ2n) is 1.60. The highest BCUT2D eigenvalue weighted by molar-refractivity contribution is 6.65. The van der Waals surface area contributed by atoms with Crippen molar-refractivity contribution in [2.45, 2.75) is 13.3 Å². The number of hydrogen-bond acceptors (Lipinski definition) is 2. The normalized spacial score (nSPS) is 12.7. The predicted molar refractivity (Wildman–Crippen MR) is 32.3 cm³/mol. The Hall–Kier alpha value is -0.570. The molecule has 0 heterocycles. The molecule has 0 rings (SSSR count). The molecule has 0 aromatic rings. The molecule has 9 heavy (non-hydrogen) atoms. The van der Waals surface area contributed by atoms with Crippen LogP contribution in [0.5, 0.6) is 0 Å². The van der Waals surface area contributed by atoms with E-state index in [2.05, 4.69) is 0 Å². The second-order valence-corrected chi connectivity index (χ2v) is 1.98. The summed E-state index contributed by atoms with van der Waals surface area (Å²) in [6.45, 7) is 1.60. The van der Waals surface area contributed by atoms with Crippen LogP contribution in [0.1, 0.15) is 13.3 Å². The molecule has 3 nitrogen and oxygen atoms in total. The van der Waals surface area contributed by atoms with Gasteiger partial charge < -0.3 is 5.11 Å². The van der Waals surface area contributed by atoms with Crippen LogP contribution in [-0.2, 0) is 9.59 Å². The third-order valence-electron chi connectivity index (χ3n) is 0.980. The Morgan fingerprint density at radius 2 is 2.11 bits per heavy atom. The minimum absolute atomic E-state index is 0.248. The predicted octanol–water partition coefficient (Wildman–Crippen LogP) is 0.863. The molecule has 0 aromatic carbocycles. The highest BCUT2D eigenvalue weighted by Crippen LogP contribution is 2.06. The van der Waals surface area contributed by atoms with Crippen LogP contribution in [0.25, 0.3) is 0 Å². The van der Waals surface area contributed by atoms with E-state index in [0.29, 0.717) is 0 Å². The fourth-order valence-electron chi connectivity index (χ4n) is 0.432. The van der Waals surface area contributed by atoms with Crippen molar-refractivity contribution in [3.63, 3.8) is 0 Å². The fraction of sp³-hybridized carbons (Fsp3) is 0.600. The third-order valence-corrected chi connectivity index (χ3v) is 1.24. The van der Waals surface area contributed by atoms with Gasteiger partial charge in [0.05, 0.1) is 0 Å². The first kappa shape index (κ1) is 8.43. The average molecular weight is 151 g/mol. The largest absolute Gasteiger partial charge is 0.481 e. The van der Waals surface area contributed by atoms with Crippen LogP contribution < -0.4 is 0 Å². The Labute approximate surface area is 57.6 Å². The number of carboxylic acids is 1. The number of halogens is 1. The molecule has 0 aromatic heterocycles. The molecule has 0 aliphatic heterocycles. The molecule has 0 amide bonds. The monoisotopic (exact) mass is 150 g/mol. The number of rotatable bonds is 3. The van der Waals surface area contributed by atoms with E-state index in [4.69, 9.17) is 16.7 Å². The van der Waals surface area contributed by atoms with Crippen molar-refractivity contribution in [3.05, 3.63) is 0 Å². The Kier molecular flexibility index (Phi) is 3.24. The number of aliphatic carboxylic acids is 1. The molecule has 0 bridgehead atoms. The van der Waals surface area contributed by atoms with Crippen LogP contribution >= 0.6 is 11.6 Å². The number of carbonyl (C=O) groups is 2. The molecule has 1 atom stereocenters. The molecule has 1 unspecified atom stereocenters. The summed E-state index contributed by atoms with van der Waals surface area (Å²) in [7, 11) is 0. The molecule has 0 saturated heterocycles. The van der Waals surface area contributed by atoms with Crippen molar-refractivity contribution in [1.82, 2.24) is 0 Å². The zero-order valence-electron chi connectivity index (χ0n) is 4.93. The van der Waals surface area contributed by atoms with E-state index in [1.807, 2.05) is 0 Å². The smallest absolute Gasteiger partial charge is 0.315 e. The van der Waals surface area contributed by atoms with Crippen molar-refractivity contribution < 1.29 is 14.7 Å². The van der Waals surface area contributed by atoms with Crippen LogP contribution in [0, 0.1) is 5.92 Å². The van der Waals surface area contributed by atoms with Gasteiger partial charge in [0.1, 0.15) is 5.92 Å². The third kappa shape index (κ3) is 2.46. The Morgan fingerprint density at radius 1 is 1.67 bits per heavy atom. The summed E-state index contributed by atoms with van der Waals surface area (Å²) in [4.78, 5) is 20.3. The van der Waals surface area contributed by atoms with Gasteiger partial charge in [-0.2, -0.15) is 0 Å². The van der Waals surface area contributed by atoms with Crippen molar-refractivity contribution in [3.8, 4) is 0 Å². The molecule has 0 saturated carbocycles. The lowest BCUT2D eigenvalue weighted by atomic mass is 10.1. The summed E-state index contributed by atoms with van der Waals surface area (Å²) in [5, 5.41) is 7.44. The van der Waals surface area contributed by atoms with Crippen molar-refractivity contribution in [1.29, 1.82) is 0 Å². The molecule has 0 spiro atoms. The van der Waals surface area contributed by atoms with Gasteiger partial charge in [-0.05, 0) is 18.0 Å². The maximum absolute atomic E-state index is 10.2. The van der Waals surface area contributed by atoms with Crippen LogP contribution in [0.4, 0.5) is 0 Å². The van der Waals surface area contributed by atoms with Crippen molar-refractivity contribution in [2.24, 2.45) is 5.92 Å². The molecule has 0 fully saturated rings. The lowest BCUT2D eigenvalue weighted by Crippen LogP contribution is -2.18. The maximum atomic E-state index is 10.2. The SMILES string of the molecule is CCC(C(=O)O)C(=O)Cl. The quantitative estimate of drug-likeness (QED) is 0.480. The minimum Gasteiger partial charge on any atom is -0.481 e. The van der Waals surface area contributed by atoms with E-state index >= 15 is 0 Å². The van der Waals surface area contributed by atoms with Crippen LogP contribution in [-0.4, -0.2) is 16.3 Å². The molecule has 52 valence electrons. The first-order valence-electron chi connectivity index (χ1n) is 2.51. The minimum atomic E-state index is -1.16. The maximum Gasteiger partial charge on any atom is 0.315 e. The number of carbonyl (C=O) groups excluding carboxylic acids is 1. The van der Waals surface area contributed by atoms with Gasteiger partial charge in [0.25, 0.3) is 0 Å². The summed E-state index contributed by atoms with van der Waals surface area (Å²) in [5.41, 5.74) is 0. The highest BCUT2D eigenvalue weighted by Gasteiger charge is 2.21. The van der Waals surface area contributed by atoms with Gasteiger partial charge in [-0.1, -0.05) is 6.92 Å². The molecule has 1 N–H and O–H groups in total. The Balaban J connectivity index is 3.99. The Morgan fingerprint density at radius 3 is 2.11 bits per heavy atom. The van der Waals surface area contributed by atoms with E-state index in [-0.39, 0.29) is 6.42 Å². The van der Waals surface area contributed by atoms with Gasteiger partial charge >= 0.3 is 5.97 Å². The van der Waals surface area contributed by atoms with Crippen LogP contribution in [0.3, 0.4) is 0 Å². The van der Waals surface area contributed by atoms with Crippen molar-refractivity contribution >= 4 is 22.8 Å². The molecular formula is C5H7ClO3. The topological polar surface area (TPSA) is 54.4 Å². The first-order valence-corrected chi connectivity index (χ1v) is 2.89. The van der Waals surface area contributed by atoms with E-state index in [9.17, 15) is 9.59 Å². The summed E-state index contributed by atoms with van der Waals surface area (Å²) in [6, 6.07) is 0. The average Bonchev–Trinajstić information content (AvgIpc) is 1.64. The van der Waals surface area contributed by atoms with Crippen LogP contribution in [0.15, 0.2) is 0 Å². The van der Waals surface area contributed by atoms with Crippen molar-refractivity contribution in [2.75, 3.05) is 0 Å². The standard InChI is InChI=1S/C5H7ClO3/c1-2-3(4(6)7)5(8)9/h3H,2H2,1H3,(H,8,9). The fourth-order valence-corrected chi connectivity index (χ4v) is 0.680. The summed E-state index contributed by atoms with van der Waals surface area (Å²) >= 11 is 4.92. The lowest BCUT2D eigenvalue weighted by molar-refractivity contribution is -0.144. The zero-order chi connectivity index (χ0) is 7.44. The van der Waals surface area contributed by atoms with Crippen LogP contribution in [0.2, 0.25) is 0 Å². The molecule has 0 aliphatic rings.